The van der Waals surface area contributed by atoms with E-state index in [1.165, 1.54) is 4.57 Å². The first kappa shape index (κ1) is 36.1. The molecule has 1 aliphatic rings. The summed E-state index contributed by atoms with van der Waals surface area (Å²) in [6.07, 6.45) is 3.31. The number of rotatable bonds is 9. The van der Waals surface area contributed by atoms with Gasteiger partial charge in [-0.3, -0.25) is 0 Å². The number of halogens is 6. The average Bonchev–Trinajstić information content (AvgIpc) is 3.49. The van der Waals surface area contributed by atoms with E-state index in [0.717, 1.165) is 5.57 Å². The summed E-state index contributed by atoms with van der Waals surface area (Å²) in [5, 5.41) is 7.43. The Hall–Kier alpha value is -6.29. The normalized spacial score (nSPS) is 16.4. The van der Waals surface area contributed by atoms with Crippen LogP contribution >= 0.6 is 0 Å². The Morgan fingerprint density at radius 2 is 1.30 bits per heavy atom. The van der Waals surface area contributed by atoms with Crippen LogP contribution in [0, 0.1) is 5.92 Å². The highest BCUT2D eigenvalue weighted by Gasteiger charge is 2.46. The van der Waals surface area contributed by atoms with E-state index >= 15 is 26.3 Å². The molecule has 272 valence electrons. The molecule has 0 bridgehead atoms. The van der Waals surface area contributed by atoms with E-state index in [0.29, 0.717) is 38.6 Å². The van der Waals surface area contributed by atoms with Crippen LogP contribution in [0.5, 0.6) is 0 Å². The molecule has 1 aliphatic carbocycles. The van der Waals surface area contributed by atoms with Crippen LogP contribution in [0.4, 0.5) is 43.4 Å². The largest absolute Gasteiger partial charge is 0.435 e. The van der Waals surface area contributed by atoms with Gasteiger partial charge in [0, 0.05) is 27.9 Å². The number of anilines is 3. The third-order valence-corrected chi connectivity index (χ3v) is 9.36. The molecule has 2 unspecified atom stereocenters. The Morgan fingerprint density at radius 3 is 1.94 bits per heavy atom. The number of para-hydroxylation sites is 3. The second-order valence-electron chi connectivity index (χ2n) is 12.8. The van der Waals surface area contributed by atoms with Crippen LogP contribution in [0.25, 0.3) is 38.6 Å². The molecule has 54 heavy (non-hydrogen) atoms. The van der Waals surface area contributed by atoms with Crippen molar-refractivity contribution in [1.29, 1.82) is 0 Å². The number of nitrogens with one attached hydrogen (secondary N) is 2. The van der Waals surface area contributed by atoms with Crippen molar-refractivity contribution in [3.05, 3.63) is 175 Å². The van der Waals surface area contributed by atoms with Crippen LogP contribution in [0.15, 0.2) is 164 Å². The zero-order valence-electron chi connectivity index (χ0n) is 29.0. The predicted molar refractivity (Wildman–Crippen MR) is 206 cm³/mol. The monoisotopic (exact) mass is 732 g/mol. The van der Waals surface area contributed by atoms with Crippen molar-refractivity contribution in [1.82, 2.24) is 9.55 Å². The molecule has 2 aromatic heterocycles. The van der Waals surface area contributed by atoms with Gasteiger partial charge in [0.1, 0.15) is 5.69 Å². The number of hydrogen-bond acceptors (Lipinski definition) is 3. The number of allylic oxidation sites excluding steroid dienone is 6. The standard InChI is InChI=1S/C44H34F6N4/c1-3-4-6-17-28(2)30-20-9-13-24-34(30)52-39-38(51-35-25-14-10-21-31(35)29-18-7-5-8-19-29)40(42(44(48,49)50)53-41(39)43(45,46)47)54-36-26-15-11-22-32(36)33-23-12-16-27-37(33)54/h3-27,30,34,52H,1H2,2H3,(H,51,53)/b6-4-,28-17+. The van der Waals surface area contributed by atoms with E-state index < -0.39 is 52.8 Å². The molecule has 0 fully saturated rings. The van der Waals surface area contributed by atoms with Crippen LogP contribution in [0.3, 0.4) is 0 Å². The maximum absolute atomic E-state index is 15.4. The summed E-state index contributed by atoms with van der Waals surface area (Å²) in [4.78, 5) is 3.51. The molecule has 0 radical (unpaired) electrons. The molecule has 0 spiro atoms. The van der Waals surface area contributed by atoms with Gasteiger partial charge in [-0.1, -0.05) is 146 Å². The molecule has 0 saturated carbocycles. The number of hydrogen-bond donors (Lipinski definition) is 2. The Bertz CT molecular complexity index is 2410. The molecule has 10 heteroatoms. The van der Waals surface area contributed by atoms with E-state index in [-0.39, 0.29) is 0 Å². The number of aromatic nitrogens is 2. The van der Waals surface area contributed by atoms with Gasteiger partial charge in [0.05, 0.1) is 28.5 Å². The molecule has 2 N–H and O–H groups in total. The lowest BCUT2D eigenvalue weighted by Crippen LogP contribution is -2.31. The highest BCUT2D eigenvalue weighted by atomic mass is 19.4. The molecule has 2 atom stereocenters. The highest BCUT2D eigenvalue weighted by Crippen LogP contribution is 2.50. The second kappa shape index (κ2) is 14.6. The van der Waals surface area contributed by atoms with Crippen molar-refractivity contribution in [3.8, 4) is 16.8 Å². The molecule has 4 aromatic carbocycles. The fourth-order valence-electron chi connectivity index (χ4n) is 6.96. The smallest absolute Gasteiger partial charge is 0.374 e. The lowest BCUT2D eigenvalue weighted by Gasteiger charge is -2.31. The van der Waals surface area contributed by atoms with Gasteiger partial charge >= 0.3 is 12.4 Å². The fraction of sp³-hybridized carbons (Fsp3) is 0.114. The highest BCUT2D eigenvalue weighted by molar-refractivity contribution is 6.10. The maximum atomic E-state index is 15.4. The number of fused-ring (bicyclic) bond motifs is 3. The molecule has 2 heterocycles. The zero-order valence-corrected chi connectivity index (χ0v) is 29.0. The van der Waals surface area contributed by atoms with Crippen LogP contribution in [0.1, 0.15) is 18.3 Å². The molecule has 6 aromatic rings. The minimum atomic E-state index is -5.30. The first-order valence-corrected chi connectivity index (χ1v) is 17.2. The van der Waals surface area contributed by atoms with Crippen molar-refractivity contribution < 1.29 is 26.3 Å². The number of alkyl halides is 6. The summed E-state index contributed by atoms with van der Waals surface area (Å²) in [7, 11) is 0. The summed E-state index contributed by atoms with van der Waals surface area (Å²) in [5.41, 5.74) is -1.92. The average molecular weight is 733 g/mol. The van der Waals surface area contributed by atoms with Crippen LogP contribution in [0.2, 0.25) is 0 Å². The summed E-state index contributed by atoms with van der Waals surface area (Å²) in [6.45, 7) is 5.52. The Labute approximate surface area is 308 Å². The van der Waals surface area contributed by atoms with Crippen molar-refractivity contribution >= 4 is 38.9 Å². The number of nitrogens with zero attached hydrogens (tertiary/aromatic N) is 2. The van der Waals surface area contributed by atoms with E-state index in [1.54, 1.807) is 109 Å². The zero-order chi connectivity index (χ0) is 38.0. The summed E-state index contributed by atoms with van der Waals surface area (Å²) < 4.78 is 93.6. The minimum absolute atomic E-state index is 0.294. The van der Waals surface area contributed by atoms with Crippen molar-refractivity contribution in [2.75, 3.05) is 10.6 Å². The van der Waals surface area contributed by atoms with E-state index in [4.69, 9.17) is 0 Å². The van der Waals surface area contributed by atoms with Gasteiger partial charge in [0.2, 0.25) is 0 Å². The van der Waals surface area contributed by atoms with Gasteiger partial charge in [-0.2, -0.15) is 26.3 Å². The van der Waals surface area contributed by atoms with Gasteiger partial charge in [-0.25, -0.2) is 4.98 Å². The van der Waals surface area contributed by atoms with Crippen molar-refractivity contribution in [2.24, 2.45) is 5.92 Å². The first-order valence-electron chi connectivity index (χ1n) is 17.2. The predicted octanol–water partition coefficient (Wildman–Crippen LogP) is 12.8. The van der Waals surface area contributed by atoms with Gasteiger partial charge in [0.25, 0.3) is 0 Å². The quantitative estimate of drug-likeness (QED) is 0.115. The first-order chi connectivity index (χ1) is 26.0. The fourth-order valence-corrected chi connectivity index (χ4v) is 6.96. The Morgan fingerprint density at radius 1 is 0.704 bits per heavy atom. The molecule has 7 rings (SSSR count). The third-order valence-electron chi connectivity index (χ3n) is 9.36. The molecule has 0 amide bonds. The maximum Gasteiger partial charge on any atom is 0.435 e. The Kier molecular flexibility index (Phi) is 9.77. The van der Waals surface area contributed by atoms with Crippen molar-refractivity contribution in [2.45, 2.75) is 25.3 Å². The SMILES string of the molecule is C=C/C=C\C=C(/C)C1C=CC=CC1Nc1c(C(F)(F)F)nc(C(F)(F)F)c(-n2c3ccccc3c3ccccc32)c1Nc1ccccc1-c1ccccc1. The van der Waals surface area contributed by atoms with Gasteiger partial charge in [0.15, 0.2) is 11.4 Å². The van der Waals surface area contributed by atoms with Gasteiger partial charge in [-0.15, -0.1) is 0 Å². The van der Waals surface area contributed by atoms with E-state index in [2.05, 4.69) is 22.2 Å². The van der Waals surface area contributed by atoms with Crippen LogP contribution in [-0.2, 0) is 12.4 Å². The van der Waals surface area contributed by atoms with Gasteiger partial charge < -0.3 is 15.2 Å². The molecular weight excluding hydrogens is 698 g/mol. The van der Waals surface area contributed by atoms with Crippen LogP contribution in [-0.4, -0.2) is 15.6 Å². The molecular formula is C44H34F6N4. The minimum Gasteiger partial charge on any atom is -0.374 e. The second-order valence-corrected chi connectivity index (χ2v) is 12.8. The lowest BCUT2D eigenvalue weighted by atomic mass is 9.88. The van der Waals surface area contributed by atoms with Crippen molar-refractivity contribution in [3.63, 3.8) is 0 Å². The molecule has 4 nitrogen and oxygen atoms in total. The van der Waals surface area contributed by atoms with E-state index in [1.807, 2.05) is 49.4 Å². The topological polar surface area (TPSA) is 41.9 Å². The third kappa shape index (κ3) is 6.94. The number of pyridine rings is 1. The Balaban J connectivity index is 1.60. The molecule has 0 aliphatic heterocycles. The summed E-state index contributed by atoms with van der Waals surface area (Å²) in [5.74, 6) is -0.464. The van der Waals surface area contributed by atoms with Crippen LogP contribution < -0.4 is 10.6 Å². The van der Waals surface area contributed by atoms with Gasteiger partial charge in [-0.05, 0) is 30.7 Å². The molecule has 0 saturated heterocycles. The number of benzene rings is 4. The summed E-state index contributed by atoms with van der Waals surface area (Å²) >= 11 is 0. The summed E-state index contributed by atoms with van der Waals surface area (Å²) in [6, 6.07) is 28.8. The lowest BCUT2D eigenvalue weighted by molar-refractivity contribution is -0.149. The van der Waals surface area contributed by atoms with E-state index in [9.17, 15) is 0 Å².